The summed E-state index contributed by atoms with van der Waals surface area (Å²) in [5, 5.41) is 9.12. The van der Waals surface area contributed by atoms with Crippen molar-refractivity contribution in [2.24, 2.45) is 7.05 Å². The van der Waals surface area contributed by atoms with Crippen LogP contribution in [0.1, 0.15) is 11.5 Å². The highest BCUT2D eigenvalue weighted by molar-refractivity contribution is 7.03. The minimum atomic E-state index is 0.739. The number of imidazole rings is 1. The fraction of sp³-hybridized carbons (Fsp3) is 0.375. The van der Waals surface area contributed by atoms with E-state index in [2.05, 4.69) is 19.9 Å². The topological polar surface area (TPSA) is 55.6 Å². The number of aromatic nitrogens is 4. The van der Waals surface area contributed by atoms with Crippen LogP contribution in [-0.4, -0.2) is 19.1 Å². The Labute approximate surface area is 86.0 Å². The van der Waals surface area contributed by atoms with Gasteiger partial charge in [-0.2, -0.15) is 0 Å². The molecular formula is C8H11N5S. The molecule has 0 saturated heterocycles. The Kier molecular flexibility index (Phi) is 2.85. The number of hydrogen-bond donors (Lipinski definition) is 1. The van der Waals surface area contributed by atoms with Gasteiger partial charge in [0.2, 0.25) is 0 Å². The second-order valence-electron chi connectivity index (χ2n) is 2.95. The van der Waals surface area contributed by atoms with Crippen molar-refractivity contribution in [1.82, 2.24) is 24.5 Å². The average Bonchev–Trinajstić information content (AvgIpc) is 2.78. The summed E-state index contributed by atoms with van der Waals surface area (Å²) in [6.07, 6.45) is 3.73. The second kappa shape index (κ2) is 4.30. The Hall–Kier alpha value is -1.27. The molecule has 74 valence electrons. The van der Waals surface area contributed by atoms with Gasteiger partial charge in [-0.25, -0.2) is 4.98 Å². The summed E-state index contributed by atoms with van der Waals surface area (Å²) in [5.41, 5.74) is 0.976. The van der Waals surface area contributed by atoms with Crippen LogP contribution >= 0.6 is 11.5 Å². The first-order valence-electron chi connectivity index (χ1n) is 4.29. The Morgan fingerprint density at radius 3 is 3.07 bits per heavy atom. The predicted octanol–water partition coefficient (Wildman–Crippen LogP) is 0.561. The van der Waals surface area contributed by atoms with E-state index in [1.54, 1.807) is 6.20 Å². The van der Waals surface area contributed by atoms with E-state index in [4.69, 9.17) is 0 Å². The van der Waals surface area contributed by atoms with Gasteiger partial charge in [0, 0.05) is 31.4 Å². The van der Waals surface area contributed by atoms with Crippen LogP contribution in [0.2, 0.25) is 0 Å². The van der Waals surface area contributed by atoms with Crippen molar-refractivity contribution < 1.29 is 0 Å². The lowest BCUT2D eigenvalue weighted by Gasteiger charge is -2.02. The van der Waals surface area contributed by atoms with E-state index in [1.807, 2.05) is 23.2 Å². The molecule has 2 aromatic rings. The molecule has 0 fully saturated rings. The number of rotatable bonds is 4. The molecule has 0 aliphatic heterocycles. The van der Waals surface area contributed by atoms with Crippen LogP contribution in [0.3, 0.4) is 0 Å². The Morgan fingerprint density at radius 1 is 1.50 bits per heavy atom. The van der Waals surface area contributed by atoms with Crippen molar-refractivity contribution in [3.05, 3.63) is 29.3 Å². The smallest absolute Gasteiger partial charge is 0.122 e. The zero-order valence-corrected chi connectivity index (χ0v) is 8.66. The number of nitrogens with one attached hydrogen (secondary N) is 1. The molecule has 2 heterocycles. The molecule has 2 rings (SSSR count). The van der Waals surface area contributed by atoms with E-state index < -0.39 is 0 Å². The van der Waals surface area contributed by atoms with E-state index in [1.165, 1.54) is 11.5 Å². The molecule has 6 heteroatoms. The van der Waals surface area contributed by atoms with E-state index in [0.717, 1.165) is 24.6 Å². The van der Waals surface area contributed by atoms with Gasteiger partial charge in [-0.15, -0.1) is 5.10 Å². The van der Waals surface area contributed by atoms with E-state index in [9.17, 15) is 0 Å². The zero-order valence-electron chi connectivity index (χ0n) is 7.84. The normalized spacial score (nSPS) is 10.6. The summed E-state index contributed by atoms with van der Waals surface area (Å²) in [5.74, 6) is 1.02. The van der Waals surface area contributed by atoms with Gasteiger partial charge in [0.05, 0.1) is 12.2 Å². The van der Waals surface area contributed by atoms with Crippen molar-refractivity contribution in [2.45, 2.75) is 13.1 Å². The number of aryl methyl sites for hydroxylation is 1. The highest BCUT2D eigenvalue weighted by Gasteiger charge is 1.99. The van der Waals surface area contributed by atoms with E-state index >= 15 is 0 Å². The zero-order chi connectivity index (χ0) is 9.80. The standard InChI is InChI=1S/C8H11N5S/c1-13-3-2-10-8(13)5-9-4-7-6-14-12-11-7/h2-3,6,9H,4-5H2,1H3. The highest BCUT2D eigenvalue weighted by Crippen LogP contribution is 1.97. The maximum absolute atomic E-state index is 4.20. The molecule has 0 spiro atoms. The lowest BCUT2D eigenvalue weighted by atomic mass is 10.4. The Bertz CT molecular complexity index is 380. The van der Waals surface area contributed by atoms with Crippen molar-refractivity contribution in [1.29, 1.82) is 0 Å². The summed E-state index contributed by atoms with van der Waals surface area (Å²) >= 11 is 1.37. The van der Waals surface area contributed by atoms with Gasteiger partial charge in [0.1, 0.15) is 5.82 Å². The first-order valence-corrected chi connectivity index (χ1v) is 5.13. The van der Waals surface area contributed by atoms with Crippen molar-refractivity contribution in [3.63, 3.8) is 0 Å². The first kappa shape index (κ1) is 9.29. The van der Waals surface area contributed by atoms with Crippen LogP contribution in [-0.2, 0) is 20.1 Å². The fourth-order valence-electron chi connectivity index (χ4n) is 1.13. The molecule has 0 radical (unpaired) electrons. The molecule has 14 heavy (non-hydrogen) atoms. The van der Waals surface area contributed by atoms with Crippen molar-refractivity contribution >= 4 is 11.5 Å². The summed E-state index contributed by atoms with van der Waals surface area (Å²) in [4.78, 5) is 4.20. The lowest BCUT2D eigenvalue weighted by Crippen LogP contribution is -2.15. The van der Waals surface area contributed by atoms with Crippen LogP contribution < -0.4 is 5.32 Å². The van der Waals surface area contributed by atoms with Gasteiger partial charge in [0.15, 0.2) is 0 Å². The molecule has 0 amide bonds. The molecule has 0 atom stereocenters. The van der Waals surface area contributed by atoms with Gasteiger partial charge < -0.3 is 9.88 Å². The van der Waals surface area contributed by atoms with Crippen molar-refractivity contribution in [3.8, 4) is 0 Å². The van der Waals surface area contributed by atoms with Gasteiger partial charge in [-0.05, 0) is 11.5 Å². The first-order chi connectivity index (χ1) is 6.86. The van der Waals surface area contributed by atoms with Gasteiger partial charge in [-0.1, -0.05) is 4.49 Å². The average molecular weight is 209 g/mol. The van der Waals surface area contributed by atoms with Crippen LogP contribution in [0, 0.1) is 0 Å². The third-order valence-corrected chi connectivity index (χ3v) is 2.47. The predicted molar refractivity (Wildman–Crippen MR) is 53.7 cm³/mol. The van der Waals surface area contributed by atoms with Crippen LogP contribution in [0.25, 0.3) is 0 Å². The minimum Gasteiger partial charge on any atom is -0.337 e. The molecule has 0 aliphatic rings. The Balaban J connectivity index is 1.81. The van der Waals surface area contributed by atoms with Gasteiger partial charge in [0.25, 0.3) is 0 Å². The summed E-state index contributed by atoms with van der Waals surface area (Å²) in [7, 11) is 1.98. The highest BCUT2D eigenvalue weighted by atomic mass is 32.1. The number of nitrogens with zero attached hydrogens (tertiary/aromatic N) is 4. The summed E-state index contributed by atoms with van der Waals surface area (Å²) < 4.78 is 5.78. The van der Waals surface area contributed by atoms with E-state index in [0.29, 0.717) is 0 Å². The lowest BCUT2D eigenvalue weighted by molar-refractivity contribution is 0.629. The SMILES string of the molecule is Cn1ccnc1CNCc1csnn1. The monoisotopic (exact) mass is 209 g/mol. The van der Waals surface area contributed by atoms with Crippen LogP contribution in [0.5, 0.6) is 0 Å². The maximum Gasteiger partial charge on any atom is 0.122 e. The molecule has 0 unspecified atom stereocenters. The van der Waals surface area contributed by atoms with E-state index in [-0.39, 0.29) is 0 Å². The van der Waals surface area contributed by atoms with Gasteiger partial charge >= 0.3 is 0 Å². The molecule has 2 aromatic heterocycles. The largest absolute Gasteiger partial charge is 0.337 e. The van der Waals surface area contributed by atoms with Crippen molar-refractivity contribution in [2.75, 3.05) is 0 Å². The summed E-state index contributed by atoms with van der Waals surface area (Å²) in [6, 6.07) is 0. The molecule has 0 saturated carbocycles. The van der Waals surface area contributed by atoms with Crippen LogP contribution in [0.4, 0.5) is 0 Å². The molecule has 5 nitrogen and oxygen atoms in total. The summed E-state index contributed by atoms with van der Waals surface area (Å²) in [6.45, 7) is 1.49. The molecule has 0 aliphatic carbocycles. The quantitative estimate of drug-likeness (QED) is 0.799. The maximum atomic E-state index is 4.20. The molecular weight excluding hydrogens is 198 g/mol. The molecule has 0 aromatic carbocycles. The van der Waals surface area contributed by atoms with Gasteiger partial charge in [-0.3, -0.25) is 0 Å². The molecule has 0 bridgehead atoms. The second-order valence-corrected chi connectivity index (χ2v) is 3.56. The fourth-order valence-corrected chi connectivity index (χ4v) is 1.58. The molecule has 1 N–H and O–H groups in total. The minimum absolute atomic E-state index is 0.739. The third kappa shape index (κ3) is 2.15. The Morgan fingerprint density at radius 2 is 2.43 bits per heavy atom. The third-order valence-electron chi connectivity index (χ3n) is 1.92. The van der Waals surface area contributed by atoms with Crippen LogP contribution in [0.15, 0.2) is 17.8 Å². The number of hydrogen-bond acceptors (Lipinski definition) is 5.